The number of nitrogens with zero attached hydrogens (tertiary/aromatic N) is 1. The van der Waals surface area contributed by atoms with Crippen LogP contribution < -0.4 is 16.3 Å². The van der Waals surface area contributed by atoms with Gasteiger partial charge in [-0.05, 0) is 118 Å². The maximum absolute atomic E-state index is 13.1. The van der Waals surface area contributed by atoms with Crippen LogP contribution in [0.15, 0.2) is 27.6 Å². The number of nitrogens with one attached hydrogen (secondary N) is 2. The van der Waals surface area contributed by atoms with Crippen molar-refractivity contribution >= 4 is 6.03 Å². The van der Waals surface area contributed by atoms with Gasteiger partial charge in [-0.25, -0.2) is 9.59 Å². The van der Waals surface area contributed by atoms with E-state index in [-0.39, 0.29) is 34.4 Å². The van der Waals surface area contributed by atoms with E-state index in [2.05, 4.69) is 24.5 Å². The summed E-state index contributed by atoms with van der Waals surface area (Å²) in [4.78, 5) is 26.6. The summed E-state index contributed by atoms with van der Waals surface area (Å²) in [6, 6.07) is 4.05. The Bertz CT molecular complexity index is 1080. The fraction of sp³-hybridized carbons (Fsp3) is 0.806. The minimum atomic E-state index is -0.674. The van der Waals surface area contributed by atoms with Crippen molar-refractivity contribution in [2.45, 2.75) is 108 Å². The monoisotopic (exact) mass is 525 g/mol. The predicted octanol–water partition coefficient (Wildman–Crippen LogP) is 4.64. The summed E-state index contributed by atoms with van der Waals surface area (Å²) in [5, 5.41) is 19.1. The number of carbonyl (C=O) groups is 1. The maximum Gasteiger partial charge on any atom is 0.335 e. The summed E-state index contributed by atoms with van der Waals surface area (Å²) in [6.07, 6.45) is 13.2. The van der Waals surface area contributed by atoms with Gasteiger partial charge in [0.15, 0.2) is 0 Å². The summed E-state index contributed by atoms with van der Waals surface area (Å²) >= 11 is 0. The lowest BCUT2D eigenvalue weighted by atomic mass is 9.43. The van der Waals surface area contributed by atoms with Gasteiger partial charge in [-0.1, -0.05) is 13.8 Å². The van der Waals surface area contributed by atoms with Gasteiger partial charge in [0.25, 0.3) is 0 Å². The van der Waals surface area contributed by atoms with E-state index >= 15 is 0 Å². The topological polar surface area (TPSA) is 94.8 Å². The number of fused-ring (bicyclic) bond motifs is 5. The summed E-state index contributed by atoms with van der Waals surface area (Å²) in [5.41, 5.74) is 0.102. The van der Waals surface area contributed by atoms with Crippen molar-refractivity contribution < 1.29 is 14.3 Å². The standard InChI is InChI=1S/C31H47N3O4/c1-29-13-10-23(34(3)28(36)33-22-5-4-16-32-18-22)17-21(29)7-8-26-25(29)11-14-30(2)24(12-15-31(26,30)37)20-6-9-27(35)38-19-20/h6,9,19,21-26,32,37H,4-5,7-8,10-18H2,1-3H3,(H,33,36)/t21-,22-,23+,24-,25+,26-,29+,30-,31+/m1/s1. The third-order valence-corrected chi connectivity index (χ3v) is 12.4. The van der Waals surface area contributed by atoms with Crippen LogP contribution in [0.3, 0.4) is 0 Å². The second-order valence-electron chi connectivity index (χ2n) is 13.9. The molecule has 0 spiro atoms. The van der Waals surface area contributed by atoms with Gasteiger partial charge in [0.05, 0.1) is 11.9 Å². The average molecular weight is 526 g/mol. The van der Waals surface area contributed by atoms with Gasteiger partial charge in [0, 0.05) is 37.2 Å². The van der Waals surface area contributed by atoms with Crippen molar-refractivity contribution in [3.05, 3.63) is 34.4 Å². The van der Waals surface area contributed by atoms with Crippen LogP contribution >= 0.6 is 0 Å². The minimum Gasteiger partial charge on any atom is -0.431 e. The first kappa shape index (κ1) is 26.4. The highest BCUT2D eigenvalue weighted by molar-refractivity contribution is 5.74. The van der Waals surface area contributed by atoms with E-state index in [4.69, 9.17) is 4.42 Å². The third kappa shape index (κ3) is 4.06. The second-order valence-corrected chi connectivity index (χ2v) is 13.9. The highest BCUT2D eigenvalue weighted by atomic mass is 16.4. The van der Waals surface area contributed by atoms with E-state index in [0.717, 1.165) is 89.3 Å². The maximum atomic E-state index is 13.1. The average Bonchev–Trinajstić information content (AvgIpc) is 3.20. The summed E-state index contributed by atoms with van der Waals surface area (Å²) in [7, 11) is 1.99. The molecular weight excluding hydrogens is 478 g/mol. The molecule has 1 aromatic heterocycles. The number of urea groups is 1. The zero-order valence-electron chi connectivity index (χ0n) is 23.5. The van der Waals surface area contributed by atoms with E-state index in [0.29, 0.717) is 23.8 Å². The van der Waals surface area contributed by atoms with Gasteiger partial charge in [0.2, 0.25) is 0 Å². The van der Waals surface area contributed by atoms with Gasteiger partial charge >= 0.3 is 11.7 Å². The van der Waals surface area contributed by atoms with Crippen molar-refractivity contribution in [2.75, 3.05) is 20.1 Å². The van der Waals surface area contributed by atoms with Crippen molar-refractivity contribution in [1.82, 2.24) is 15.5 Å². The molecule has 5 aliphatic rings. The highest BCUT2D eigenvalue weighted by Gasteiger charge is 2.67. The molecule has 1 aromatic rings. The molecule has 7 heteroatoms. The number of rotatable bonds is 3. The van der Waals surface area contributed by atoms with Gasteiger partial charge in [-0.2, -0.15) is 0 Å². The predicted molar refractivity (Wildman–Crippen MR) is 147 cm³/mol. The quantitative estimate of drug-likeness (QED) is 0.534. The molecule has 38 heavy (non-hydrogen) atoms. The molecule has 9 atom stereocenters. The van der Waals surface area contributed by atoms with Crippen molar-refractivity contribution in [1.29, 1.82) is 0 Å². The Morgan fingerprint density at radius 2 is 1.92 bits per heavy atom. The Kier molecular flexibility index (Phi) is 6.70. The van der Waals surface area contributed by atoms with Gasteiger partial charge < -0.3 is 25.1 Å². The van der Waals surface area contributed by atoms with E-state index in [1.807, 2.05) is 18.0 Å². The number of carbonyl (C=O) groups excluding carboxylic acids is 1. The summed E-state index contributed by atoms with van der Waals surface area (Å²) < 4.78 is 5.24. The van der Waals surface area contributed by atoms with E-state index in [1.165, 1.54) is 6.07 Å². The molecule has 6 rings (SSSR count). The molecule has 7 nitrogen and oxygen atoms in total. The molecule has 4 saturated carbocycles. The molecule has 0 radical (unpaired) electrons. The first-order valence-electron chi connectivity index (χ1n) is 15.2. The van der Waals surface area contributed by atoms with Crippen LogP contribution in [0.5, 0.6) is 0 Å². The Morgan fingerprint density at radius 3 is 2.66 bits per heavy atom. The molecule has 0 aromatic carbocycles. The molecule has 4 aliphatic carbocycles. The Morgan fingerprint density at radius 1 is 1.08 bits per heavy atom. The van der Waals surface area contributed by atoms with E-state index in [9.17, 15) is 14.7 Å². The molecule has 0 unspecified atom stereocenters. The Balaban J connectivity index is 1.16. The van der Waals surface area contributed by atoms with Crippen molar-refractivity contribution in [2.24, 2.45) is 28.6 Å². The molecule has 5 fully saturated rings. The molecule has 0 bridgehead atoms. The first-order valence-corrected chi connectivity index (χ1v) is 15.2. The molecule has 2 heterocycles. The van der Waals surface area contributed by atoms with Crippen molar-refractivity contribution in [3.8, 4) is 0 Å². The molecule has 1 aliphatic heterocycles. The van der Waals surface area contributed by atoms with Crippen molar-refractivity contribution in [3.63, 3.8) is 0 Å². The normalized spacial score (nSPS) is 44.4. The largest absolute Gasteiger partial charge is 0.431 e. The fourth-order valence-corrected chi connectivity index (χ4v) is 10.1. The lowest BCUT2D eigenvalue weighted by molar-refractivity contribution is -0.203. The first-order chi connectivity index (χ1) is 18.2. The third-order valence-electron chi connectivity index (χ3n) is 12.4. The van der Waals surface area contributed by atoms with E-state index < -0.39 is 5.60 Å². The SMILES string of the molecule is CN(C(=O)N[C@@H]1CCCNC1)[C@H]1CC[C@@]2(C)[C@H](CC[C@@H]3[C@@H]2CC[C@]2(C)[C@@H](c4ccc(=O)oc4)CC[C@]32O)C1. The molecule has 1 saturated heterocycles. The summed E-state index contributed by atoms with van der Waals surface area (Å²) in [6.45, 7) is 6.72. The number of piperidine rings is 1. The van der Waals surface area contributed by atoms with Gasteiger partial charge in [-0.3, -0.25) is 0 Å². The highest BCUT2D eigenvalue weighted by Crippen LogP contribution is 2.70. The van der Waals surface area contributed by atoms with Gasteiger partial charge in [0.1, 0.15) is 0 Å². The van der Waals surface area contributed by atoms with Crippen LogP contribution in [0, 0.1) is 28.6 Å². The molecule has 2 amide bonds. The Labute approximate surface area is 227 Å². The van der Waals surface area contributed by atoms with E-state index in [1.54, 1.807) is 6.26 Å². The number of amides is 2. The molecule has 3 N–H and O–H groups in total. The number of hydrogen-bond acceptors (Lipinski definition) is 5. The zero-order chi connectivity index (χ0) is 26.7. The smallest absolute Gasteiger partial charge is 0.335 e. The lowest BCUT2D eigenvalue weighted by Crippen LogP contribution is -2.62. The molecule has 210 valence electrons. The fourth-order valence-electron chi connectivity index (χ4n) is 10.1. The van der Waals surface area contributed by atoms with Crippen LogP contribution in [0.2, 0.25) is 0 Å². The van der Waals surface area contributed by atoms with Crippen LogP contribution in [0.4, 0.5) is 4.79 Å². The second kappa shape index (κ2) is 9.65. The van der Waals surface area contributed by atoms with Gasteiger partial charge in [-0.15, -0.1) is 0 Å². The zero-order valence-corrected chi connectivity index (χ0v) is 23.5. The molecular formula is C31H47N3O4. The minimum absolute atomic E-state index is 0.0810. The van der Waals surface area contributed by atoms with Crippen LogP contribution in [0.25, 0.3) is 0 Å². The summed E-state index contributed by atoms with van der Waals surface area (Å²) in [5.74, 6) is 1.67. The van der Waals surface area contributed by atoms with Crippen LogP contribution in [-0.2, 0) is 0 Å². The Hall–Kier alpha value is -1.86. The lowest BCUT2D eigenvalue weighted by Gasteiger charge is -2.64. The van der Waals surface area contributed by atoms with Crippen LogP contribution in [0.1, 0.15) is 96.0 Å². The van der Waals surface area contributed by atoms with Crippen LogP contribution in [-0.4, -0.2) is 53.9 Å². The number of aliphatic hydroxyl groups is 1. The number of hydrogen-bond donors (Lipinski definition) is 3.